The Hall–Kier alpha value is -3.75. The van der Waals surface area contributed by atoms with Gasteiger partial charge in [-0.3, -0.25) is 14.3 Å². The first kappa shape index (κ1) is 17.7. The Morgan fingerprint density at radius 2 is 1.93 bits per heavy atom. The lowest BCUT2D eigenvalue weighted by molar-refractivity contribution is -0.137. The van der Waals surface area contributed by atoms with Crippen molar-refractivity contribution in [2.45, 2.75) is 6.18 Å². The number of pyridine rings is 2. The first-order chi connectivity index (χ1) is 13.4. The first-order valence-corrected chi connectivity index (χ1v) is 8.15. The predicted octanol–water partition coefficient (Wildman–Crippen LogP) is 4.09. The van der Waals surface area contributed by atoms with E-state index in [2.05, 4.69) is 20.3 Å². The van der Waals surface area contributed by atoms with Gasteiger partial charge >= 0.3 is 6.18 Å². The second kappa shape index (κ2) is 6.76. The maximum absolute atomic E-state index is 13.0. The van der Waals surface area contributed by atoms with Crippen molar-refractivity contribution in [3.05, 3.63) is 78.5 Å². The zero-order chi connectivity index (χ0) is 19.7. The molecule has 0 spiro atoms. The molecule has 28 heavy (non-hydrogen) atoms. The number of hydrogen-bond donors (Lipinski definition) is 1. The third-order valence-electron chi connectivity index (χ3n) is 4.00. The average Bonchev–Trinajstić information content (AvgIpc) is 3.11. The fourth-order valence-electron chi connectivity index (χ4n) is 2.67. The van der Waals surface area contributed by atoms with Crippen LogP contribution in [0, 0.1) is 0 Å². The van der Waals surface area contributed by atoms with Crippen molar-refractivity contribution in [2.24, 2.45) is 0 Å². The quantitative estimate of drug-likeness (QED) is 0.578. The molecule has 0 bridgehead atoms. The van der Waals surface area contributed by atoms with E-state index in [9.17, 15) is 18.0 Å². The molecule has 0 aliphatic heterocycles. The highest BCUT2D eigenvalue weighted by atomic mass is 19.4. The van der Waals surface area contributed by atoms with Gasteiger partial charge in [0.2, 0.25) is 0 Å². The number of carbonyl (C=O) groups is 1. The van der Waals surface area contributed by atoms with Crippen LogP contribution in [0.3, 0.4) is 0 Å². The molecule has 0 fully saturated rings. The molecule has 3 aromatic heterocycles. The molecule has 0 atom stereocenters. The highest BCUT2D eigenvalue weighted by Crippen LogP contribution is 2.30. The molecule has 0 aliphatic rings. The van der Waals surface area contributed by atoms with E-state index >= 15 is 0 Å². The van der Waals surface area contributed by atoms with Crippen molar-refractivity contribution < 1.29 is 18.0 Å². The van der Waals surface area contributed by atoms with Gasteiger partial charge in [-0.2, -0.15) is 13.2 Å². The van der Waals surface area contributed by atoms with Crippen LogP contribution in [0.2, 0.25) is 0 Å². The molecule has 4 rings (SSSR count). The van der Waals surface area contributed by atoms with Gasteiger partial charge in [0.15, 0.2) is 5.65 Å². The molecule has 1 N–H and O–H groups in total. The number of fused-ring (bicyclic) bond motifs is 1. The van der Waals surface area contributed by atoms with Crippen LogP contribution in [0.4, 0.5) is 18.9 Å². The maximum atomic E-state index is 13.0. The molecule has 0 radical (unpaired) electrons. The third-order valence-corrected chi connectivity index (χ3v) is 4.00. The van der Waals surface area contributed by atoms with E-state index in [1.54, 1.807) is 24.4 Å². The largest absolute Gasteiger partial charge is 0.416 e. The van der Waals surface area contributed by atoms with Gasteiger partial charge in [-0.05, 0) is 42.5 Å². The molecule has 0 saturated carbocycles. The monoisotopic (exact) mass is 383 g/mol. The fraction of sp³-hybridized carbons (Fsp3) is 0.0526. The summed E-state index contributed by atoms with van der Waals surface area (Å²) in [6.45, 7) is 0. The summed E-state index contributed by atoms with van der Waals surface area (Å²) in [7, 11) is 0. The summed E-state index contributed by atoms with van der Waals surface area (Å²) in [5, 5.41) is 2.66. The maximum Gasteiger partial charge on any atom is 0.416 e. The minimum atomic E-state index is -4.46. The van der Waals surface area contributed by atoms with Crippen LogP contribution in [0.1, 0.15) is 16.1 Å². The number of aromatic nitrogens is 4. The number of imidazole rings is 1. The molecule has 0 unspecified atom stereocenters. The van der Waals surface area contributed by atoms with E-state index in [0.717, 1.165) is 12.1 Å². The Morgan fingerprint density at radius 1 is 1.07 bits per heavy atom. The van der Waals surface area contributed by atoms with Gasteiger partial charge < -0.3 is 5.32 Å². The van der Waals surface area contributed by atoms with Gasteiger partial charge in [-0.1, -0.05) is 6.07 Å². The normalized spacial score (nSPS) is 11.5. The summed E-state index contributed by atoms with van der Waals surface area (Å²) < 4.78 is 40.4. The summed E-state index contributed by atoms with van der Waals surface area (Å²) in [6, 6.07) is 11.3. The molecule has 0 aliphatic carbocycles. The Balaban J connectivity index is 1.72. The zero-order valence-corrected chi connectivity index (χ0v) is 14.2. The zero-order valence-electron chi connectivity index (χ0n) is 14.2. The molecule has 1 amide bonds. The Bertz CT molecular complexity index is 1160. The Labute approximate surface area is 156 Å². The van der Waals surface area contributed by atoms with Gasteiger partial charge in [0, 0.05) is 11.9 Å². The number of benzene rings is 1. The molecule has 3 heterocycles. The standard InChI is InChI=1S/C19H12F3N5O/c20-19(21,22)12-3-1-5-14(9-12)27-11-24-15-6-7-16(26-17(15)27)18(28)25-13-4-2-8-23-10-13/h1-11H,(H,25,28). The van der Waals surface area contributed by atoms with E-state index < -0.39 is 17.6 Å². The van der Waals surface area contributed by atoms with E-state index in [1.165, 1.54) is 35.3 Å². The topological polar surface area (TPSA) is 72.7 Å². The second-order valence-corrected chi connectivity index (χ2v) is 5.90. The fourth-order valence-corrected chi connectivity index (χ4v) is 2.67. The summed E-state index contributed by atoms with van der Waals surface area (Å²) in [4.78, 5) is 24.8. The van der Waals surface area contributed by atoms with E-state index in [4.69, 9.17) is 0 Å². The molecular formula is C19H12F3N5O. The van der Waals surface area contributed by atoms with Crippen LogP contribution in [0.25, 0.3) is 16.9 Å². The van der Waals surface area contributed by atoms with Crippen molar-refractivity contribution in [3.63, 3.8) is 0 Å². The van der Waals surface area contributed by atoms with Crippen molar-refractivity contribution in [1.29, 1.82) is 0 Å². The molecule has 6 nitrogen and oxygen atoms in total. The number of halogens is 3. The van der Waals surface area contributed by atoms with Crippen molar-refractivity contribution in [1.82, 2.24) is 19.5 Å². The van der Waals surface area contributed by atoms with Gasteiger partial charge in [-0.15, -0.1) is 0 Å². The summed E-state index contributed by atoms with van der Waals surface area (Å²) in [5.41, 5.74) is 0.798. The number of hydrogen-bond acceptors (Lipinski definition) is 4. The first-order valence-electron chi connectivity index (χ1n) is 8.15. The third kappa shape index (κ3) is 3.41. The number of amides is 1. The van der Waals surface area contributed by atoms with Gasteiger partial charge in [-0.25, -0.2) is 9.97 Å². The molecule has 1 aromatic carbocycles. The highest BCUT2D eigenvalue weighted by Gasteiger charge is 2.30. The average molecular weight is 383 g/mol. The van der Waals surface area contributed by atoms with E-state index in [-0.39, 0.29) is 17.0 Å². The number of nitrogens with zero attached hydrogens (tertiary/aromatic N) is 4. The molecule has 9 heteroatoms. The van der Waals surface area contributed by atoms with Crippen LogP contribution >= 0.6 is 0 Å². The number of anilines is 1. The molecule has 4 aromatic rings. The lowest BCUT2D eigenvalue weighted by Gasteiger charge is -2.10. The molecule has 140 valence electrons. The van der Waals surface area contributed by atoms with Gasteiger partial charge in [0.05, 0.1) is 17.4 Å². The number of nitrogens with one attached hydrogen (secondary N) is 1. The molecule has 0 saturated heterocycles. The number of rotatable bonds is 3. The van der Waals surface area contributed by atoms with Crippen LogP contribution < -0.4 is 5.32 Å². The summed E-state index contributed by atoms with van der Waals surface area (Å²) in [6.07, 6.45) is -0.0263. The minimum Gasteiger partial charge on any atom is -0.319 e. The smallest absolute Gasteiger partial charge is 0.319 e. The van der Waals surface area contributed by atoms with Crippen molar-refractivity contribution in [3.8, 4) is 5.69 Å². The lowest BCUT2D eigenvalue weighted by atomic mass is 10.2. The minimum absolute atomic E-state index is 0.102. The summed E-state index contributed by atoms with van der Waals surface area (Å²) >= 11 is 0. The van der Waals surface area contributed by atoms with Crippen LogP contribution in [0.5, 0.6) is 0 Å². The van der Waals surface area contributed by atoms with E-state index in [0.29, 0.717) is 11.2 Å². The highest BCUT2D eigenvalue weighted by molar-refractivity contribution is 6.03. The Kier molecular flexibility index (Phi) is 4.26. The van der Waals surface area contributed by atoms with Crippen LogP contribution in [-0.4, -0.2) is 25.4 Å². The molecular weight excluding hydrogens is 371 g/mol. The SMILES string of the molecule is O=C(Nc1cccnc1)c1ccc2ncn(-c3cccc(C(F)(F)F)c3)c2n1. The number of carbonyl (C=O) groups excluding carboxylic acids is 1. The summed E-state index contributed by atoms with van der Waals surface area (Å²) in [5.74, 6) is -0.466. The van der Waals surface area contributed by atoms with Crippen LogP contribution in [0.15, 0.2) is 67.3 Å². The Morgan fingerprint density at radius 3 is 2.68 bits per heavy atom. The number of alkyl halides is 3. The second-order valence-electron chi connectivity index (χ2n) is 5.90. The van der Waals surface area contributed by atoms with Gasteiger partial charge in [0.1, 0.15) is 17.5 Å². The lowest BCUT2D eigenvalue weighted by Crippen LogP contribution is -2.14. The van der Waals surface area contributed by atoms with Crippen molar-refractivity contribution >= 4 is 22.8 Å². The van der Waals surface area contributed by atoms with Gasteiger partial charge in [0.25, 0.3) is 5.91 Å². The van der Waals surface area contributed by atoms with Crippen LogP contribution in [-0.2, 0) is 6.18 Å². The van der Waals surface area contributed by atoms with Crippen molar-refractivity contribution in [2.75, 3.05) is 5.32 Å². The van der Waals surface area contributed by atoms with E-state index in [1.807, 2.05) is 0 Å². The predicted molar refractivity (Wildman–Crippen MR) is 96.1 cm³/mol.